The Morgan fingerprint density at radius 3 is 1.34 bits per heavy atom. The Kier molecular flexibility index (Phi) is 4.98. The largest absolute Gasteiger partial charge is 0.462 e. The van der Waals surface area contributed by atoms with Gasteiger partial charge in [0.05, 0.1) is 24.3 Å². The number of hydrogen-bond acceptors (Lipinski definition) is 4. The van der Waals surface area contributed by atoms with Crippen molar-refractivity contribution in [2.24, 2.45) is 0 Å². The second kappa shape index (κ2) is 7.97. The summed E-state index contributed by atoms with van der Waals surface area (Å²) in [6.07, 6.45) is 0. The summed E-state index contributed by atoms with van der Waals surface area (Å²) >= 11 is 0. The molecule has 0 heterocycles. The van der Waals surface area contributed by atoms with Crippen molar-refractivity contribution >= 4 is 55.0 Å². The zero-order valence-electron chi connectivity index (χ0n) is 18.0. The van der Waals surface area contributed by atoms with Gasteiger partial charge in [0, 0.05) is 0 Å². The SMILES string of the molecule is CCOC(=O)c1ccc2c(ccc3cc4ccc5cc(C(=O)OCC)ccc5c4cc32)c1. The number of ether oxygens (including phenoxy) is 2. The van der Waals surface area contributed by atoms with Crippen molar-refractivity contribution in [3.05, 3.63) is 83.9 Å². The third-order valence-corrected chi connectivity index (χ3v) is 5.81. The van der Waals surface area contributed by atoms with E-state index in [0.29, 0.717) is 24.3 Å². The zero-order valence-corrected chi connectivity index (χ0v) is 18.0. The monoisotopic (exact) mass is 422 g/mol. The van der Waals surface area contributed by atoms with Crippen LogP contribution in [0.5, 0.6) is 0 Å². The van der Waals surface area contributed by atoms with Crippen LogP contribution in [0, 0.1) is 0 Å². The molecule has 0 saturated carbocycles. The van der Waals surface area contributed by atoms with Gasteiger partial charge >= 0.3 is 11.9 Å². The second-order valence-electron chi connectivity index (χ2n) is 7.74. The van der Waals surface area contributed by atoms with Gasteiger partial charge in [0.2, 0.25) is 0 Å². The van der Waals surface area contributed by atoms with E-state index in [9.17, 15) is 9.59 Å². The lowest BCUT2D eigenvalue weighted by atomic mass is 9.94. The minimum atomic E-state index is -0.309. The van der Waals surface area contributed by atoms with E-state index in [-0.39, 0.29) is 11.9 Å². The van der Waals surface area contributed by atoms with Gasteiger partial charge in [0.15, 0.2) is 0 Å². The summed E-state index contributed by atoms with van der Waals surface area (Å²) in [5.74, 6) is -0.618. The maximum absolute atomic E-state index is 12.1. The highest BCUT2D eigenvalue weighted by Crippen LogP contribution is 2.34. The fraction of sp³-hybridized carbons (Fsp3) is 0.143. The number of carbonyl (C=O) groups excluding carboxylic acids is 2. The molecule has 0 aromatic heterocycles. The van der Waals surface area contributed by atoms with Gasteiger partial charge in [-0.1, -0.05) is 36.4 Å². The zero-order chi connectivity index (χ0) is 22.2. The number of fused-ring (bicyclic) bond motifs is 6. The summed E-state index contributed by atoms with van der Waals surface area (Å²) in [5.41, 5.74) is 1.10. The minimum Gasteiger partial charge on any atom is -0.462 e. The number of hydrogen-bond donors (Lipinski definition) is 0. The number of rotatable bonds is 4. The Morgan fingerprint density at radius 1 is 0.531 bits per heavy atom. The molecular formula is C28H22O4. The summed E-state index contributed by atoms with van der Waals surface area (Å²) in [7, 11) is 0. The third kappa shape index (κ3) is 3.34. The lowest BCUT2D eigenvalue weighted by molar-refractivity contribution is 0.0517. The van der Waals surface area contributed by atoms with Crippen LogP contribution < -0.4 is 0 Å². The molecule has 158 valence electrons. The van der Waals surface area contributed by atoms with Gasteiger partial charge in [0.1, 0.15) is 0 Å². The van der Waals surface area contributed by atoms with Crippen molar-refractivity contribution in [1.82, 2.24) is 0 Å². The average Bonchev–Trinajstić information content (AvgIpc) is 2.82. The van der Waals surface area contributed by atoms with Crippen molar-refractivity contribution in [2.75, 3.05) is 13.2 Å². The van der Waals surface area contributed by atoms with Gasteiger partial charge in [0.25, 0.3) is 0 Å². The van der Waals surface area contributed by atoms with Crippen molar-refractivity contribution in [1.29, 1.82) is 0 Å². The molecule has 4 nitrogen and oxygen atoms in total. The van der Waals surface area contributed by atoms with Gasteiger partial charge in [-0.2, -0.15) is 0 Å². The standard InChI is InChI=1S/C28H22O4/c1-3-31-27(29)21-9-11-23-17(14-21)5-7-19-13-20-8-6-18-15-22(28(30)32-4-2)10-12-24(18)26(20)16-25(19)23/h5-16H,3-4H2,1-2H3. The van der Waals surface area contributed by atoms with E-state index in [1.165, 1.54) is 0 Å². The lowest BCUT2D eigenvalue weighted by Crippen LogP contribution is -2.04. The first-order valence-electron chi connectivity index (χ1n) is 10.8. The molecule has 0 aliphatic heterocycles. The fourth-order valence-electron chi connectivity index (χ4n) is 4.31. The second-order valence-corrected chi connectivity index (χ2v) is 7.74. The van der Waals surface area contributed by atoms with Crippen LogP contribution in [0.3, 0.4) is 0 Å². The minimum absolute atomic E-state index is 0.309. The van der Waals surface area contributed by atoms with Crippen LogP contribution in [0.25, 0.3) is 43.1 Å². The van der Waals surface area contributed by atoms with Crippen molar-refractivity contribution in [3.63, 3.8) is 0 Å². The van der Waals surface area contributed by atoms with E-state index < -0.39 is 0 Å². The van der Waals surface area contributed by atoms with Crippen molar-refractivity contribution < 1.29 is 19.1 Å². The van der Waals surface area contributed by atoms with Crippen LogP contribution in [0.2, 0.25) is 0 Å². The van der Waals surface area contributed by atoms with Crippen LogP contribution in [0.1, 0.15) is 34.6 Å². The van der Waals surface area contributed by atoms with Crippen LogP contribution in [0.4, 0.5) is 0 Å². The smallest absolute Gasteiger partial charge is 0.338 e. The Labute approximate surface area is 185 Å². The fourth-order valence-corrected chi connectivity index (χ4v) is 4.31. The summed E-state index contributed by atoms with van der Waals surface area (Å²) in [6, 6.07) is 24.0. The molecule has 0 unspecified atom stereocenters. The quantitative estimate of drug-likeness (QED) is 0.185. The van der Waals surface area contributed by atoms with E-state index in [1.807, 2.05) is 48.5 Å². The molecule has 0 saturated heterocycles. The van der Waals surface area contributed by atoms with Gasteiger partial charge in [-0.3, -0.25) is 0 Å². The van der Waals surface area contributed by atoms with Crippen LogP contribution in [-0.4, -0.2) is 25.2 Å². The van der Waals surface area contributed by atoms with Crippen molar-refractivity contribution in [2.45, 2.75) is 13.8 Å². The molecule has 0 amide bonds. The number of esters is 2. The molecule has 0 aliphatic carbocycles. The van der Waals surface area contributed by atoms with E-state index in [0.717, 1.165) is 43.1 Å². The van der Waals surface area contributed by atoms with Crippen LogP contribution in [-0.2, 0) is 9.47 Å². The first-order chi connectivity index (χ1) is 15.6. The van der Waals surface area contributed by atoms with Crippen molar-refractivity contribution in [3.8, 4) is 0 Å². The van der Waals surface area contributed by atoms with E-state index in [2.05, 4.69) is 24.3 Å². The summed E-state index contributed by atoms with van der Waals surface area (Å²) in [4.78, 5) is 24.3. The Hall–Kier alpha value is -3.92. The van der Waals surface area contributed by atoms with Crippen LogP contribution in [0.15, 0.2) is 72.8 Å². The maximum Gasteiger partial charge on any atom is 0.338 e. The van der Waals surface area contributed by atoms with E-state index in [1.54, 1.807) is 13.8 Å². The highest BCUT2D eigenvalue weighted by Gasteiger charge is 2.12. The van der Waals surface area contributed by atoms with Gasteiger partial charge in [-0.25, -0.2) is 9.59 Å². The molecule has 0 atom stereocenters. The molecule has 0 spiro atoms. The third-order valence-electron chi connectivity index (χ3n) is 5.81. The van der Waals surface area contributed by atoms with Gasteiger partial charge in [-0.15, -0.1) is 0 Å². The van der Waals surface area contributed by atoms with E-state index >= 15 is 0 Å². The van der Waals surface area contributed by atoms with Gasteiger partial charge in [-0.05, 0) is 93.3 Å². The number of carbonyl (C=O) groups is 2. The molecule has 4 heteroatoms. The Balaban J connectivity index is 1.71. The first-order valence-corrected chi connectivity index (χ1v) is 10.8. The first kappa shape index (κ1) is 20.0. The van der Waals surface area contributed by atoms with Gasteiger partial charge < -0.3 is 9.47 Å². The summed E-state index contributed by atoms with van der Waals surface area (Å²) in [5, 5.41) is 8.65. The highest BCUT2D eigenvalue weighted by atomic mass is 16.5. The molecule has 0 radical (unpaired) electrons. The number of benzene rings is 5. The maximum atomic E-state index is 12.1. The molecule has 5 aromatic rings. The molecular weight excluding hydrogens is 400 g/mol. The molecule has 0 aliphatic rings. The highest BCUT2D eigenvalue weighted by molar-refractivity contribution is 6.18. The Morgan fingerprint density at radius 2 is 0.938 bits per heavy atom. The predicted molar refractivity (Wildman–Crippen MR) is 128 cm³/mol. The topological polar surface area (TPSA) is 52.6 Å². The average molecular weight is 422 g/mol. The van der Waals surface area contributed by atoms with Crippen LogP contribution >= 0.6 is 0 Å². The molecule has 5 rings (SSSR count). The molecule has 5 aromatic carbocycles. The summed E-state index contributed by atoms with van der Waals surface area (Å²) < 4.78 is 10.3. The normalized spacial score (nSPS) is 11.3. The predicted octanol–water partition coefficient (Wildman–Crippen LogP) is 6.65. The molecule has 32 heavy (non-hydrogen) atoms. The Bertz CT molecular complexity index is 1420. The lowest BCUT2D eigenvalue weighted by Gasteiger charge is -2.11. The molecule has 0 bridgehead atoms. The van der Waals surface area contributed by atoms with E-state index in [4.69, 9.17) is 9.47 Å². The molecule has 0 fully saturated rings. The summed E-state index contributed by atoms with van der Waals surface area (Å²) in [6.45, 7) is 4.31. The molecule has 0 N–H and O–H groups in total.